The molecule has 0 aromatic heterocycles. The van der Waals surface area contributed by atoms with Crippen LogP contribution in [0.2, 0.25) is 58.9 Å². The molecule has 0 amide bonds. The lowest BCUT2D eigenvalue weighted by atomic mass is 11.8. The van der Waals surface area contributed by atoms with E-state index in [9.17, 15) is 0 Å². The van der Waals surface area contributed by atoms with Crippen LogP contribution >= 0.6 is 0 Å². The van der Waals surface area contributed by atoms with Gasteiger partial charge in [0.25, 0.3) is 0 Å². The predicted octanol–water partition coefficient (Wildman–Crippen LogP) is 2.67. The van der Waals surface area contributed by atoms with Crippen LogP contribution in [0.4, 0.5) is 0 Å². The van der Waals surface area contributed by atoms with Crippen molar-refractivity contribution in [1.29, 1.82) is 0 Å². The van der Waals surface area contributed by atoms with E-state index in [1.54, 1.807) is 0 Å². The first-order valence-electron chi connectivity index (χ1n) is 5.91. The van der Waals surface area contributed by atoms with Crippen LogP contribution in [0.15, 0.2) is 0 Å². The van der Waals surface area contributed by atoms with Gasteiger partial charge >= 0.3 is 9.36 Å². The fraction of sp³-hybridized carbons (Fsp3) is 1.00. The highest BCUT2D eigenvalue weighted by molar-refractivity contribution is 6.90. The first-order chi connectivity index (χ1) is 6.79. The van der Waals surface area contributed by atoms with Crippen molar-refractivity contribution in [2.45, 2.75) is 58.9 Å². The minimum atomic E-state index is -1.46. The summed E-state index contributed by atoms with van der Waals surface area (Å²) in [7, 11) is -5.02. The molecule has 0 heterocycles. The Morgan fingerprint density at radius 3 is 1.19 bits per heavy atom. The van der Waals surface area contributed by atoms with E-state index >= 15 is 0 Å². The average Bonchev–Trinajstić information content (AvgIpc) is 1.70. The van der Waals surface area contributed by atoms with Gasteiger partial charge in [-0.05, 0) is 19.6 Å². The number of hydrogen-bond acceptors (Lipinski definition) is 3. The van der Waals surface area contributed by atoms with Gasteiger partial charge in [0.2, 0.25) is 0 Å². The Labute approximate surface area is 107 Å². The molecule has 97 valence electrons. The van der Waals surface area contributed by atoms with Crippen LogP contribution in [0.3, 0.4) is 0 Å². The van der Waals surface area contributed by atoms with E-state index in [2.05, 4.69) is 68.2 Å². The summed E-state index contributed by atoms with van der Waals surface area (Å²) in [6, 6.07) is 0. The molecular formula is C9H29N2OSi4. The van der Waals surface area contributed by atoms with E-state index in [0.29, 0.717) is 0 Å². The lowest BCUT2D eigenvalue weighted by Crippen LogP contribution is -2.67. The molecule has 0 fully saturated rings. The van der Waals surface area contributed by atoms with Crippen LogP contribution < -0.4 is 9.30 Å². The van der Waals surface area contributed by atoms with Crippen LogP contribution in [-0.4, -0.2) is 34.2 Å². The second kappa shape index (κ2) is 5.59. The molecule has 7 heteroatoms. The SMILES string of the molecule is C[Si](C)(C)N[Si](N[Si](C)(C)C)O[Si](C)(C)C. The molecule has 0 aromatic carbocycles. The van der Waals surface area contributed by atoms with Crippen LogP contribution in [0, 0.1) is 0 Å². The minimum Gasteiger partial charge on any atom is -0.433 e. The van der Waals surface area contributed by atoms with Crippen molar-refractivity contribution >= 4 is 34.2 Å². The van der Waals surface area contributed by atoms with E-state index in [1.807, 2.05) is 0 Å². The van der Waals surface area contributed by atoms with Gasteiger partial charge in [-0.25, -0.2) is 0 Å². The second-order valence-electron chi connectivity index (χ2n) is 7.29. The lowest BCUT2D eigenvalue weighted by Gasteiger charge is -2.33. The Balaban J connectivity index is 4.53. The monoisotopic (exact) mass is 293 g/mol. The molecule has 0 saturated heterocycles. The number of rotatable bonds is 6. The molecule has 0 aliphatic heterocycles. The van der Waals surface area contributed by atoms with Crippen LogP contribution in [-0.2, 0) is 4.12 Å². The zero-order valence-electron chi connectivity index (χ0n) is 12.4. The molecule has 0 rings (SSSR count). The predicted molar refractivity (Wildman–Crippen MR) is 83.1 cm³/mol. The summed E-state index contributed by atoms with van der Waals surface area (Å²) in [6.07, 6.45) is 0. The Bertz CT molecular complexity index is 179. The van der Waals surface area contributed by atoms with Crippen molar-refractivity contribution < 1.29 is 4.12 Å². The summed E-state index contributed by atoms with van der Waals surface area (Å²) in [5.74, 6) is 0. The summed E-state index contributed by atoms with van der Waals surface area (Å²) in [6.45, 7) is 20.8. The third-order valence-electron chi connectivity index (χ3n) is 1.39. The van der Waals surface area contributed by atoms with Gasteiger partial charge in [-0.15, -0.1) is 0 Å². The maximum atomic E-state index is 6.28. The molecule has 3 nitrogen and oxygen atoms in total. The molecule has 2 N–H and O–H groups in total. The molecule has 0 atom stereocenters. The van der Waals surface area contributed by atoms with E-state index in [-0.39, 0.29) is 0 Å². The van der Waals surface area contributed by atoms with Crippen LogP contribution in [0.25, 0.3) is 0 Å². The zero-order chi connectivity index (χ0) is 13.2. The van der Waals surface area contributed by atoms with Gasteiger partial charge in [-0.1, -0.05) is 39.3 Å². The quantitative estimate of drug-likeness (QED) is 0.739. The Morgan fingerprint density at radius 1 is 0.688 bits per heavy atom. The topological polar surface area (TPSA) is 33.3 Å². The summed E-state index contributed by atoms with van der Waals surface area (Å²) in [5, 5.41) is 0. The fourth-order valence-electron chi connectivity index (χ4n) is 1.07. The molecule has 0 bridgehead atoms. The molecule has 0 aromatic rings. The Morgan fingerprint density at radius 2 is 1.00 bits per heavy atom. The van der Waals surface area contributed by atoms with Gasteiger partial charge in [-0.3, -0.25) is 0 Å². The van der Waals surface area contributed by atoms with Gasteiger partial charge in [-0.2, -0.15) is 0 Å². The van der Waals surface area contributed by atoms with Crippen molar-refractivity contribution in [1.82, 2.24) is 9.30 Å². The molecule has 16 heavy (non-hydrogen) atoms. The van der Waals surface area contributed by atoms with Crippen molar-refractivity contribution in [3.63, 3.8) is 0 Å². The van der Waals surface area contributed by atoms with E-state index in [1.165, 1.54) is 0 Å². The molecule has 0 saturated carbocycles. The van der Waals surface area contributed by atoms with Gasteiger partial charge in [0, 0.05) is 0 Å². The van der Waals surface area contributed by atoms with Crippen molar-refractivity contribution in [3.8, 4) is 0 Å². The molecule has 1 radical (unpaired) electrons. The maximum absolute atomic E-state index is 6.28. The Hall–Kier alpha value is 0.748. The minimum absolute atomic E-state index is 1.03. The van der Waals surface area contributed by atoms with Gasteiger partial charge in [0.05, 0.1) is 0 Å². The molecular weight excluding hydrogens is 264 g/mol. The smallest absolute Gasteiger partial charge is 0.376 e. The zero-order valence-corrected chi connectivity index (χ0v) is 16.4. The first-order valence-corrected chi connectivity index (χ1v) is 17.7. The van der Waals surface area contributed by atoms with E-state index in [0.717, 1.165) is 0 Å². The standard InChI is InChI=1S/C9H29N2OSi4/c1-14(2,3)10-13(11-15(4,5)6)12-16(7,8)9/h10-11H,1-9H3. The fourth-order valence-corrected chi connectivity index (χ4v) is 11.1. The summed E-state index contributed by atoms with van der Waals surface area (Å²) in [4.78, 5) is 0. The van der Waals surface area contributed by atoms with Crippen LogP contribution in [0.5, 0.6) is 0 Å². The van der Waals surface area contributed by atoms with Gasteiger partial charge < -0.3 is 13.4 Å². The average molecular weight is 294 g/mol. The lowest BCUT2D eigenvalue weighted by molar-refractivity contribution is 0.555. The van der Waals surface area contributed by atoms with E-state index in [4.69, 9.17) is 4.12 Å². The summed E-state index contributed by atoms with van der Waals surface area (Å²) in [5.41, 5.74) is 0. The number of hydrogen-bond donors (Lipinski definition) is 2. The second-order valence-corrected chi connectivity index (χ2v) is 24.0. The maximum Gasteiger partial charge on any atom is 0.376 e. The van der Waals surface area contributed by atoms with Crippen LogP contribution in [0.1, 0.15) is 0 Å². The highest BCUT2D eigenvalue weighted by Gasteiger charge is 2.32. The molecule has 0 spiro atoms. The summed E-state index contributed by atoms with van der Waals surface area (Å²) >= 11 is 0. The summed E-state index contributed by atoms with van der Waals surface area (Å²) < 4.78 is 13.8. The number of nitrogens with one attached hydrogen (secondary N) is 2. The highest BCUT2D eigenvalue weighted by Crippen LogP contribution is 2.07. The third-order valence-corrected chi connectivity index (χ3v) is 12.5. The first kappa shape index (κ1) is 16.7. The normalized spacial score (nSPS) is 14.6. The van der Waals surface area contributed by atoms with Crippen molar-refractivity contribution in [3.05, 3.63) is 0 Å². The third kappa shape index (κ3) is 11.2. The van der Waals surface area contributed by atoms with E-state index < -0.39 is 34.2 Å². The Kier molecular flexibility index (Phi) is 5.85. The van der Waals surface area contributed by atoms with Crippen molar-refractivity contribution in [2.24, 2.45) is 0 Å². The molecule has 0 aliphatic rings. The molecule has 0 unspecified atom stereocenters. The van der Waals surface area contributed by atoms with Gasteiger partial charge in [0.15, 0.2) is 8.32 Å². The van der Waals surface area contributed by atoms with Gasteiger partial charge in [0.1, 0.15) is 16.5 Å². The molecule has 0 aliphatic carbocycles. The largest absolute Gasteiger partial charge is 0.433 e. The highest BCUT2D eigenvalue weighted by atomic mass is 28.5. The van der Waals surface area contributed by atoms with Crippen molar-refractivity contribution in [2.75, 3.05) is 0 Å².